The molecule has 1 atom stereocenters. The molecule has 4 bridgehead atoms. The summed E-state index contributed by atoms with van der Waals surface area (Å²) in [4.78, 5) is 0. The molecule has 0 aliphatic heterocycles. The van der Waals surface area contributed by atoms with Crippen LogP contribution in [0.1, 0.15) is 56.6 Å². The Morgan fingerprint density at radius 2 is 1.68 bits per heavy atom. The van der Waals surface area contributed by atoms with Crippen molar-refractivity contribution >= 4 is 11.6 Å². The SMILES string of the molecule is COc1cc(Cl)cc(CNC(C)C23CC4CC(CC(C4)C2)C3)c1OCc1ccccc1. The summed E-state index contributed by atoms with van der Waals surface area (Å²) in [5.74, 6) is 4.38. The maximum Gasteiger partial charge on any atom is 0.166 e. The number of hydrogen-bond acceptors (Lipinski definition) is 3. The van der Waals surface area contributed by atoms with Crippen LogP contribution in [0.3, 0.4) is 0 Å². The first-order chi connectivity index (χ1) is 15.0. The fraction of sp³-hybridized carbons (Fsp3) is 0.556. The second-order valence-corrected chi connectivity index (χ2v) is 10.7. The summed E-state index contributed by atoms with van der Waals surface area (Å²) in [5.41, 5.74) is 2.68. The zero-order chi connectivity index (χ0) is 21.4. The van der Waals surface area contributed by atoms with Gasteiger partial charge in [0, 0.05) is 29.2 Å². The molecule has 0 heterocycles. The van der Waals surface area contributed by atoms with Crippen molar-refractivity contribution in [2.75, 3.05) is 7.11 Å². The van der Waals surface area contributed by atoms with E-state index in [1.54, 1.807) is 7.11 Å². The normalized spacial score (nSPS) is 29.7. The molecule has 2 aromatic carbocycles. The molecular weight excluding hydrogens is 406 g/mol. The number of nitrogens with one attached hydrogen (secondary N) is 1. The molecule has 0 aromatic heterocycles. The van der Waals surface area contributed by atoms with Gasteiger partial charge in [0.2, 0.25) is 0 Å². The molecule has 166 valence electrons. The Bertz CT molecular complexity index is 878. The summed E-state index contributed by atoms with van der Waals surface area (Å²) >= 11 is 6.43. The van der Waals surface area contributed by atoms with Crippen molar-refractivity contribution in [1.82, 2.24) is 5.32 Å². The number of rotatable bonds is 8. The standard InChI is InChI=1S/C27H34ClNO2/c1-18(27-13-20-8-21(14-27)10-22(9-20)15-27)29-16-23-11-24(28)12-25(30-2)26(23)31-17-19-6-4-3-5-7-19/h3-7,11-12,18,20-22,29H,8-10,13-17H2,1-2H3. The summed E-state index contributed by atoms with van der Waals surface area (Å²) in [7, 11) is 1.68. The quantitative estimate of drug-likeness (QED) is 0.501. The van der Waals surface area contributed by atoms with Crippen LogP contribution >= 0.6 is 11.6 Å². The molecule has 4 aliphatic carbocycles. The maximum atomic E-state index is 6.43. The van der Waals surface area contributed by atoms with E-state index in [0.29, 0.717) is 28.8 Å². The number of hydrogen-bond donors (Lipinski definition) is 1. The third-order valence-corrected chi connectivity index (χ3v) is 8.36. The lowest BCUT2D eigenvalue weighted by atomic mass is 9.48. The zero-order valence-corrected chi connectivity index (χ0v) is 19.5. The lowest BCUT2D eigenvalue weighted by Crippen LogP contribution is -2.54. The van der Waals surface area contributed by atoms with E-state index in [1.165, 1.54) is 38.5 Å². The third-order valence-electron chi connectivity index (χ3n) is 8.15. The van der Waals surface area contributed by atoms with Crippen LogP contribution in [0, 0.1) is 23.2 Å². The van der Waals surface area contributed by atoms with Gasteiger partial charge in [0.05, 0.1) is 7.11 Å². The van der Waals surface area contributed by atoms with Crippen molar-refractivity contribution in [2.45, 2.75) is 64.6 Å². The molecule has 1 N–H and O–H groups in total. The first kappa shape index (κ1) is 21.2. The van der Waals surface area contributed by atoms with Crippen molar-refractivity contribution < 1.29 is 9.47 Å². The van der Waals surface area contributed by atoms with Crippen LogP contribution in [0.4, 0.5) is 0 Å². The van der Waals surface area contributed by atoms with Gasteiger partial charge < -0.3 is 14.8 Å². The number of benzene rings is 2. The van der Waals surface area contributed by atoms with Gasteiger partial charge in [-0.3, -0.25) is 0 Å². The minimum absolute atomic E-state index is 0.475. The van der Waals surface area contributed by atoms with E-state index in [9.17, 15) is 0 Å². The first-order valence-electron chi connectivity index (χ1n) is 11.8. The summed E-state index contributed by atoms with van der Waals surface area (Å²) in [5, 5.41) is 4.56. The Morgan fingerprint density at radius 3 is 2.29 bits per heavy atom. The minimum Gasteiger partial charge on any atom is -0.493 e. The molecule has 0 saturated heterocycles. The highest BCUT2D eigenvalue weighted by Gasteiger charge is 2.52. The lowest BCUT2D eigenvalue weighted by Gasteiger charge is -2.59. The van der Waals surface area contributed by atoms with Gasteiger partial charge in [-0.25, -0.2) is 0 Å². The average Bonchev–Trinajstić information content (AvgIpc) is 2.76. The Hall–Kier alpha value is -1.71. The van der Waals surface area contributed by atoms with Crippen molar-refractivity contribution in [3.8, 4) is 11.5 Å². The molecule has 4 aliphatic rings. The van der Waals surface area contributed by atoms with Gasteiger partial charge in [0.25, 0.3) is 0 Å². The molecular formula is C27H34ClNO2. The smallest absolute Gasteiger partial charge is 0.166 e. The molecule has 1 unspecified atom stereocenters. The second kappa shape index (κ2) is 8.67. The Kier molecular flexibility index (Phi) is 5.92. The average molecular weight is 440 g/mol. The van der Waals surface area contributed by atoms with E-state index in [4.69, 9.17) is 21.1 Å². The van der Waals surface area contributed by atoms with Crippen molar-refractivity contribution in [2.24, 2.45) is 23.2 Å². The summed E-state index contributed by atoms with van der Waals surface area (Å²) < 4.78 is 11.9. The molecule has 4 saturated carbocycles. The third kappa shape index (κ3) is 4.32. The molecule has 6 rings (SSSR count). The first-order valence-corrected chi connectivity index (χ1v) is 12.2. The van der Waals surface area contributed by atoms with Crippen molar-refractivity contribution in [1.29, 1.82) is 0 Å². The van der Waals surface area contributed by atoms with Gasteiger partial charge in [0.15, 0.2) is 11.5 Å². The predicted octanol–water partition coefficient (Wildman–Crippen LogP) is 6.62. The Balaban J connectivity index is 1.32. The van der Waals surface area contributed by atoms with Crippen molar-refractivity contribution in [3.63, 3.8) is 0 Å². The largest absolute Gasteiger partial charge is 0.493 e. The number of methoxy groups -OCH3 is 1. The maximum absolute atomic E-state index is 6.43. The van der Waals surface area contributed by atoms with Crippen molar-refractivity contribution in [3.05, 3.63) is 58.6 Å². The molecule has 4 heteroatoms. The van der Waals surface area contributed by atoms with Crippen LogP contribution in [0.5, 0.6) is 11.5 Å². The van der Waals surface area contributed by atoms with E-state index in [2.05, 4.69) is 24.4 Å². The van der Waals surface area contributed by atoms with Gasteiger partial charge >= 0.3 is 0 Å². The zero-order valence-electron chi connectivity index (χ0n) is 18.7. The molecule has 0 amide bonds. The minimum atomic E-state index is 0.475. The Morgan fingerprint density at radius 1 is 1.03 bits per heavy atom. The number of ether oxygens (including phenoxy) is 2. The Labute approximate surface area is 191 Å². The van der Waals surface area contributed by atoms with E-state index in [0.717, 1.165) is 41.2 Å². The highest BCUT2D eigenvalue weighted by Crippen LogP contribution is 2.61. The molecule has 2 aromatic rings. The van der Waals surface area contributed by atoms with Crippen LogP contribution in [0.15, 0.2) is 42.5 Å². The van der Waals surface area contributed by atoms with E-state index >= 15 is 0 Å². The van der Waals surface area contributed by atoms with Gasteiger partial charge in [-0.2, -0.15) is 0 Å². The summed E-state index contributed by atoms with van der Waals surface area (Å²) in [6.07, 6.45) is 8.66. The molecule has 31 heavy (non-hydrogen) atoms. The fourth-order valence-corrected chi connectivity index (χ4v) is 7.22. The highest BCUT2D eigenvalue weighted by molar-refractivity contribution is 6.30. The van der Waals surface area contributed by atoms with Crippen LogP contribution < -0.4 is 14.8 Å². The molecule has 3 nitrogen and oxygen atoms in total. The van der Waals surface area contributed by atoms with E-state index < -0.39 is 0 Å². The van der Waals surface area contributed by atoms with Gasteiger partial charge in [0.1, 0.15) is 6.61 Å². The van der Waals surface area contributed by atoms with E-state index in [-0.39, 0.29) is 0 Å². The predicted molar refractivity (Wildman–Crippen MR) is 126 cm³/mol. The van der Waals surface area contributed by atoms with Crippen LogP contribution in [-0.2, 0) is 13.2 Å². The van der Waals surface area contributed by atoms with E-state index in [1.807, 2.05) is 30.3 Å². The molecule has 4 fully saturated rings. The molecule has 0 spiro atoms. The van der Waals surface area contributed by atoms with Gasteiger partial charge in [-0.05, 0) is 80.2 Å². The van der Waals surface area contributed by atoms with Gasteiger partial charge in [-0.15, -0.1) is 0 Å². The summed E-state index contributed by atoms with van der Waals surface area (Å²) in [6, 6.07) is 14.6. The van der Waals surface area contributed by atoms with Crippen LogP contribution in [-0.4, -0.2) is 13.2 Å². The second-order valence-electron chi connectivity index (χ2n) is 10.3. The fourth-order valence-electron chi connectivity index (χ4n) is 6.99. The van der Waals surface area contributed by atoms with Crippen LogP contribution in [0.2, 0.25) is 5.02 Å². The lowest BCUT2D eigenvalue weighted by molar-refractivity contribution is -0.0706. The summed E-state index contributed by atoms with van der Waals surface area (Å²) in [6.45, 7) is 3.65. The van der Waals surface area contributed by atoms with Crippen LogP contribution in [0.25, 0.3) is 0 Å². The number of halogens is 1. The highest BCUT2D eigenvalue weighted by atomic mass is 35.5. The molecule has 0 radical (unpaired) electrons. The monoisotopic (exact) mass is 439 g/mol. The topological polar surface area (TPSA) is 30.5 Å². The van der Waals surface area contributed by atoms with Gasteiger partial charge in [-0.1, -0.05) is 41.9 Å².